The number of amides is 1. The maximum Gasteiger partial charge on any atom is 0.330 e. The summed E-state index contributed by atoms with van der Waals surface area (Å²) < 4.78 is 0. The van der Waals surface area contributed by atoms with Gasteiger partial charge in [-0.3, -0.25) is 4.79 Å². The molecule has 3 N–H and O–H groups in total. The molecule has 0 saturated carbocycles. The molecule has 108 valence electrons. The number of benzene rings is 2. The lowest BCUT2D eigenvalue weighted by Crippen LogP contribution is -2.36. The number of aliphatic hydroxyl groups excluding tert-OH is 1. The van der Waals surface area contributed by atoms with E-state index in [0.717, 1.165) is 0 Å². The van der Waals surface area contributed by atoms with Gasteiger partial charge >= 0.3 is 5.97 Å². The Morgan fingerprint density at radius 1 is 0.857 bits per heavy atom. The van der Waals surface area contributed by atoms with Gasteiger partial charge in [-0.15, -0.1) is 0 Å². The maximum absolute atomic E-state index is 12.0. The fourth-order valence-electron chi connectivity index (χ4n) is 1.94. The van der Waals surface area contributed by atoms with Crippen LogP contribution in [-0.2, 0) is 9.59 Å². The summed E-state index contributed by atoms with van der Waals surface area (Å²) in [5.41, 5.74) is 0.853. The van der Waals surface area contributed by atoms with Crippen LogP contribution in [0.2, 0.25) is 0 Å². The second-order valence-electron chi connectivity index (χ2n) is 4.50. The van der Waals surface area contributed by atoms with Crippen LogP contribution < -0.4 is 5.32 Å². The van der Waals surface area contributed by atoms with Gasteiger partial charge in [0.05, 0.1) is 0 Å². The van der Waals surface area contributed by atoms with Gasteiger partial charge in [-0.1, -0.05) is 60.7 Å². The Kier molecular flexibility index (Phi) is 4.68. The molecule has 0 aromatic heterocycles. The van der Waals surface area contributed by atoms with E-state index < -0.39 is 24.0 Å². The molecule has 0 aliphatic heterocycles. The third-order valence-electron chi connectivity index (χ3n) is 3.03. The van der Waals surface area contributed by atoms with Gasteiger partial charge in [-0.05, 0) is 11.1 Å². The number of aliphatic carboxylic acids is 1. The molecule has 0 aliphatic rings. The van der Waals surface area contributed by atoms with Crippen LogP contribution in [0.4, 0.5) is 0 Å². The SMILES string of the molecule is O=C(N[C@H](C(=O)O)c1ccccc1)C(O)c1ccccc1. The van der Waals surface area contributed by atoms with E-state index in [2.05, 4.69) is 5.32 Å². The Balaban J connectivity index is 2.14. The number of hydrogen-bond donors (Lipinski definition) is 3. The number of carbonyl (C=O) groups excluding carboxylic acids is 1. The van der Waals surface area contributed by atoms with Crippen molar-refractivity contribution in [2.24, 2.45) is 0 Å². The van der Waals surface area contributed by atoms with Crippen LogP contribution in [-0.4, -0.2) is 22.1 Å². The summed E-state index contributed by atoms with van der Waals surface area (Å²) in [6.07, 6.45) is -1.41. The maximum atomic E-state index is 12.0. The van der Waals surface area contributed by atoms with Crippen LogP contribution in [0.3, 0.4) is 0 Å². The summed E-state index contributed by atoms with van der Waals surface area (Å²) in [5, 5.41) is 21.5. The Hall–Kier alpha value is -2.66. The largest absolute Gasteiger partial charge is 0.479 e. The molecule has 2 rings (SSSR count). The molecular weight excluding hydrogens is 270 g/mol. The van der Waals surface area contributed by atoms with Crippen LogP contribution in [0.5, 0.6) is 0 Å². The van der Waals surface area contributed by atoms with Crippen molar-refractivity contribution in [3.63, 3.8) is 0 Å². The topological polar surface area (TPSA) is 86.6 Å². The summed E-state index contributed by atoms with van der Waals surface area (Å²) >= 11 is 0. The van der Waals surface area contributed by atoms with E-state index in [1.165, 1.54) is 0 Å². The van der Waals surface area contributed by atoms with Crippen LogP contribution in [0.25, 0.3) is 0 Å². The Labute approximate surface area is 121 Å². The number of nitrogens with one attached hydrogen (secondary N) is 1. The third kappa shape index (κ3) is 3.67. The first-order valence-electron chi connectivity index (χ1n) is 6.40. The lowest BCUT2D eigenvalue weighted by atomic mass is 10.1. The zero-order valence-corrected chi connectivity index (χ0v) is 11.1. The summed E-state index contributed by atoms with van der Waals surface area (Å²) in [5.74, 6) is -1.94. The second kappa shape index (κ2) is 6.67. The minimum Gasteiger partial charge on any atom is -0.479 e. The number of rotatable bonds is 5. The highest BCUT2D eigenvalue weighted by Crippen LogP contribution is 2.17. The van der Waals surface area contributed by atoms with Crippen LogP contribution >= 0.6 is 0 Å². The van der Waals surface area contributed by atoms with Crippen molar-refractivity contribution < 1.29 is 19.8 Å². The molecule has 0 radical (unpaired) electrons. The quantitative estimate of drug-likeness (QED) is 0.779. The first-order valence-corrected chi connectivity index (χ1v) is 6.40. The van der Waals surface area contributed by atoms with E-state index in [9.17, 15) is 19.8 Å². The minimum absolute atomic E-state index is 0.409. The predicted octanol–water partition coefficient (Wildman–Crippen LogP) is 1.66. The Morgan fingerprint density at radius 3 is 1.81 bits per heavy atom. The number of hydrogen-bond acceptors (Lipinski definition) is 3. The van der Waals surface area contributed by atoms with Crippen molar-refractivity contribution in [1.82, 2.24) is 5.32 Å². The molecule has 21 heavy (non-hydrogen) atoms. The van der Waals surface area contributed by atoms with Gasteiger partial charge in [-0.2, -0.15) is 0 Å². The second-order valence-corrected chi connectivity index (χ2v) is 4.50. The van der Waals surface area contributed by atoms with Gasteiger partial charge in [0.2, 0.25) is 0 Å². The van der Waals surface area contributed by atoms with Crippen molar-refractivity contribution in [3.05, 3.63) is 71.8 Å². The van der Waals surface area contributed by atoms with Gasteiger partial charge in [-0.25, -0.2) is 4.79 Å². The van der Waals surface area contributed by atoms with Gasteiger partial charge in [0.15, 0.2) is 12.1 Å². The van der Waals surface area contributed by atoms with Crippen LogP contribution in [0, 0.1) is 0 Å². The summed E-state index contributed by atoms with van der Waals surface area (Å²) in [7, 11) is 0. The third-order valence-corrected chi connectivity index (χ3v) is 3.03. The average Bonchev–Trinajstić information content (AvgIpc) is 2.53. The monoisotopic (exact) mass is 285 g/mol. The van der Waals surface area contributed by atoms with Crippen LogP contribution in [0.15, 0.2) is 60.7 Å². The normalized spacial score (nSPS) is 13.2. The van der Waals surface area contributed by atoms with E-state index in [1.807, 2.05) is 0 Å². The molecular formula is C16H15NO4. The molecule has 0 heterocycles. The van der Waals surface area contributed by atoms with Gasteiger partial charge in [0.25, 0.3) is 5.91 Å². The molecule has 2 atom stereocenters. The molecule has 0 spiro atoms. The summed E-state index contributed by atoms with van der Waals surface area (Å²) in [4.78, 5) is 23.3. The van der Waals surface area contributed by atoms with E-state index in [0.29, 0.717) is 11.1 Å². The predicted molar refractivity (Wildman–Crippen MR) is 76.4 cm³/mol. The lowest BCUT2D eigenvalue weighted by Gasteiger charge is -2.17. The highest BCUT2D eigenvalue weighted by atomic mass is 16.4. The summed E-state index contributed by atoms with van der Waals surface area (Å²) in [6, 6.07) is 15.5. The van der Waals surface area contributed by atoms with Crippen molar-refractivity contribution >= 4 is 11.9 Å². The smallest absolute Gasteiger partial charge is 0.330 e. The van der Waals surface area contributed by atoms with E-state index >= 15 is 0 Å². The fraction of sp³-hybridized carbons (Fsp3) is 0.125. The lowest BCUT2D eigenvalue weighted by molar-refractivity contribution is -0.143. The first-order chi connectivity index (χ1) is 10.1. The number of aliphatic hydroxyl groups is 1. The van der Waals surface area contributed by atoms with Gasteiger partial charge in [0.1, 0.15) is 0 Å². The molecule has 0 aliphatic carbocycles. The van der Waals surface area contributed by atoms with Crippen LogP contribution in [0.1, 0.15) is 23.3 Å². The molecule has 1 unspecified atom stereocenters. The minimum atomic E-state index is -1.41. The zero-order valence-electron chi connectivity index (χ0n) is 11.1. The average molecular weight is 285 g/mol. The molecule has 1 amide bonds. The first kappa shape index (κ1) is 14.7. The van der Waals surface area contributed by atoms with Crippen molar-refractivity contribution in [2.75, 3.05) is 0 Å². The highest BCUT2D eigenvalue weighted by Gasteiger charge is 2.25. The molecule has 0 saturated heterocycles. The number of carboxylic acid groups (broad SMARTS) is 1. The van der Waals surface area contributed by atoms with E-state index in [1.54, 1.807) is 60.7 Å². The van der Waals surface area contributed by atoms with Crippen molar-refractivity contribution in [3.8, 4) is 0 Å². The zero-order chi connectivity index (χ0) is 15.2. The summed E-state index contributed by atoms with van der Waals surface area (Å²) in [6.45, 7) is 0. The Morgan fingerprint density at radius 2 is 1.33 bits per heavy atom. The molecule has 5 heteroatoms. The van der Waals surface area contributed by atoms with Crippen molar-refractivity contribution in [1.29, 1.82) is 0 Å². The molecule has 2 aromatic rings. The standard InChI is InChI=1S/C16H15NO4/c18-14(12-9-5-2-6-10-12)15(19)17-13(16(20)21)11-7-3-1-4-8-11/h1-10,13-14,18H,(H,17,19)(H,20,21)/t13-,14?/m0/s1. The molecule has 0 fully saturated rings. The van der Waals surface area contributed by atoms with Gasteiger partial charge < -0.3 is 15.5 Å². The highest BCUT2D eigenvalue weighted by molar-refractivity contribution is 5.87. The van der Waals surface area contributed by atoms with Crippen molar-refractivity contribution in [2.45, 2.75) is 12.1 Å². The fourth-order valence-corrected chi connectivity index (χ4v) is 1.94. The van der Waals surface area contributed by atoms with Gasteiger partial charge in [0, 0.05) is 0 Å². The molecule has 0 bridgehead atoms. The van der Waals surface area contributed by atoms with E-state index in [4.69, 9.17) is 0 Å². The molecule has 5 nitrogen and oxygen atoms in total. The number of carboxylic acids is 1. The van der Waals surface area contributed by atoms with E-state index in [-0.39, 0.29) is 0 Å². The Bertz CT molecular complexity index is 613. The number of carbonyl (C=O) groups is 2. The molecule has 2 aromatic carbocycles.